The van der Waals surface area contributed by atoms with E-state index < -0.39 is 22.2 Å². The van der Waals surface area contributed by atoms with Gasteiger partial charge in [-0.05, 0) is 19.8 Å². The van der Waals surface area contributed by atoms with E-state index in [1.54, 1.807) is 0 Å². The minimum atomic E-state index is -1.41. The molecule has 2 heterocycles. The van der Waals surface area contributed by atoms with Crippen LogP contribution in [0.4, 0.5) is 0 Å². The van der Waals surface area contributed by atoms with Crippen molar-refractivity contribution >= 4 is 5.84 Å². The largest absolute Gasteiger partial charge is 0.386 e. The Morgan fingerprint density at radius 3 is 2.35 bits per heavy atom. The van der Waals surface area contributed by atoms with Crippen LogP contribution in [0.25, 0.3) is 0 Å². The zero-order chi connectivity index (χ0) is 14.8. The number of nitriles is 2. The molecule has 0 radical (unpaired) electrons. The Morgan fingerprint density at radius 2 is 2.00 bits per heavy atom. The Bertz CT molecular complexity index is 585. The van der Waals surface area contributed by atoms with Crippen molar-refractivity contribution in [3.8, 4) is 12.1 Å². The highest BCUT2D eigenvalue weighted by Crippen LogP contribution is 2.88. The summed E-state index contributed by atoms with van der Waals surface area (Å²) in [5.41, 5.74) is 3.28. The van der Waals surface area contributed by atoms with Crippen LogP contribution in [0.2, 0.25) is 0 Å². The second kappa shape index (κ2) is 3.52. The van der Waals surface area contributed by atoms with Gasteiger partial charge in [0.2, 0.25) is 0 Å². The van der Waals surface area contributed by atoms with Gasteiger partial charge in [-0.2, -0.15) is 10.5 Å². The van der Waals surface area contributed by atoms with Crippen LogP contribution in [0.15, 0.2) is 4.99 Å². The SMILES string of the molecule is CCC1(CC)[C@@]2(C#N)[C@@]3(N=C(N)[C@@]12C#N)OC[C@H](C)O3. The first kappa shape index (κ1) is 13.4. The van der Waals surface area contributed by atoms with Crippen LogP contribution in [0, 0.1) is 38.9 Å². The molecule has 6 heteroatoms. The molecular formula is C14H18N4O2. The summed E-state index contributed by atoms with van der Waals surface area (Å²) >= 11 is 0. The molecule has 2 aliphatic heterocycles. The van der Waals surface area contributed by atoms with Gasteiger partial charge < -0.3 is 15.2 Å². The zero-order valence-corrected chi connectivity index (χ0v) is 11.9. The molecule has 2 N–H and O–H groups in total. The van der Waals surface area contributed by atoms with Crippen molar-refractivity contribution in [2.24, 2.45) is 27.0 Å². The first-order valence-electron chi connectivity index (χ1n) is 6.97. The molecule has 3 aliphatic rings. The molecule has 0 amide bonds. The minimum Gasteiger partial charge on any atom is -0.386 e. The third-order valence-electron chi connectivity index (χ3n) is 5.48. The number of hydrogen-bond acceptors (Lipinski definition) is 6. The van der Waals surface area contributed by atoms with Crippen molar-refractivity contribution in [3.05, 3.63) is 0 Å². The number of rotatable bonds is 2. The average Bonchev–Trinajstić information content (AvgIpc) is 2.68. The molecule has 20 heavy (non-hydrogen) atoms. The van der Waals surface area contributed by atoms with Crippen molar-refractivity contribution in [1.29, 1.82) is 10.5 Å². The summed E-state index contributed by atoms with van der Waals surface area (Å²) in [6, 6.07) is 4.59. The molecule has 1 saturated carbocycles. The van der Waals surface area contributed by atoms with Crippen LogP contribution in [0.5, 0.6) is 0 Å². The lowest BCUT2D eigenvalue weighted by Crippen LogP contribution is -2.41. The Hall–Kier alpha value is -1.63. The molecule has 4 atom stereocenters. The van der Waals surface area contributed by atoms with E-state index in [2.05, 4.69) is 17.1 Å². The summed E-state index contributed by atoms with van der Waals surface area (Å²) in [6.45, 7) is 6.16. The maximum absolute atomic E-state index is 9.90. The molecule has 1 saturated heterocycles. The van der Waals surface area contributed by atoms with Crippen molar-refractivity contribution in [2.75, 3.05) is 6.61 Å². The van der Waals surface area contributed by atoms with Gasteiger partial charge in [0.1, 0.15) is 11.3 Å². The number of hydrogen-bond donors (Lipinski definition) is 1. The van der Waals surface area contributed by atoms with E-state index in [9.17, 15) is 10.5 Å². The lowest BCUT2D eigenvalue weighted by Gasteiger charge is -2.30. The molecule has 2 fully saturated rings. The molecule has 0 bridgehead atoms. The van der Waals surface area contributed by atoms with Crippen molar-refractivity contribution in [3.63, 3.8) is 0 Å². The smallest absolute Gasteiger partial charge is 0.293 e. The van der Waals surface area contributed by atoms with E-state index >= 15 is 0 Å². The maximum Gasteiger partial charge on any atom is 0.293 e. The number of nitrogens with two attached hydrogens (primary N) is 1. The molecule has 1 aliphatic carbocycles. The fourth-order valence-corrected chi connectivity index (χ4v) is 4.64. The van der Waals surface area contributed by atoms with Gasteiger partial charge >= 0.3 is 0 Å². The Labute approximate surface area is 118 Å². The number of amidine groups is 1. The molecule has 0 aromatic carbocycles. The van der Waals surface area contributed by atoms with Crippen LogP contribution < -0.4 is 5.73 Å². The second-order valence-electron chi connectivity index (χ2n) is 5.83. The van der Waals surface area contributed by atoms with E-state index in [1.165, 1.54) is 0 Å². The molecule has 3 rings (SSSR count). The van der Waals surface area contributed by atoms with E-state index in [1.807, 2.05) is 20.8 Å². The Kier molecular flexibility index (Phi) is 2.35. The molecule has 0 aromatic heterocycles. The first-order chi connectivity index (χ1) is 9.47. The Morgan fingerprint density at radius 1 is 1.35 bits per heavy atom. The molecule has 106 valence electrons. The fraction of sp³-hybridized carbons (Fsp3) is 0.786. The zero-order valence-electron chi connectivity index (χ0n) is 11.9. The summed E-state index contributed by atoms with van der Waals surface area (Å²) in [5.74, 6) is -1.23. The standard InChI is InChI=1S/C14H18N4O2/c1-4-11(5-2)12(7-15)10(17)18-14(13(11,12)8-16)19-6-9(3)20-14/h9H,4-6H2,1-3H3,(H2,17,18)/t9-,12-,13+,14+/m0/s1. The van der Waals surface area contributed by atoms with Crippen molar-refractivity contribution in [2.45, 2.75) is 45.6 Å². The normalized spacial score (nSPS) is 47.5. The predicted octanol–water partition coefficient (Wildman–Crippen LogP) is 1.29. The highest BCUT2D eigenvalue weighted by Gasteiger charge is 3.00. The van der Waals surface area contributed by atoms with Gasteiger partial charge in [-0.3, -0.25) is 0 Å². The van der Waals surface area contributed by atoms with E-state index in [-0.39, 0.29) is 11.9 Å². The van der Waals surface area contributed by atoms with Gasteiger partial charge in [0.25, 0.3) is 5.91 Å². The lowest BCUT2D eigenvalue weighted by molar-refractivity contribution is -0.201. The van der Waals surface area contributed by atoms with Crippen LogP contribution >= 0.6 is 0 Å². The molecule has 6 nitrogen and oxygen atoms in total. The van der Waals surface area contributed by atoms with Gasteiger partial charge in [0, 0.05) is 5.41 Å². The van der Waals surface area contributed by atoms with E-state index in [0.717, 1.165) is 0 Å². The third kappa shape index (κ3) is 0.878. The average molecular weight is 274 g/mol. The van der Waals surface area contributed by atoms with Crippen molar-refractivity contribution < 1.29 is 9.47 Å². The topological polar surface area (TPSA) is 104 Å². The summed E-state index contributed by atoms with van der Waals surface area (Å²) in [5, 5.41) is 19.7. The lowest BCUT2D eigenvalue weighted by atomic mass is 9.85. The minimum absolute atomic E-state index is 0.168. The van der Waals surface area contributed by atoms with Gasteiger partial charge in [0.15, 0.2) is 5.41 Å². The van der Waals surface area contributed by atoms with Crippen LogP contribution in [-0.2, 0) is 9.47 Å². The maximum atomic E-state index is 9.90. The number of fused-ring (bicyclic) bond motifs is 2. The van der Waals surface area contributed by atoms with Gasteiger partial charge in [-0.15, -0.1) is 0 Å². The highest BCUT2D eigenvalue weighted by atomic mass is 16.8. The number of nitrogens with zero attached hydrogens (tertiary/aromatic N) is 3. The van der Waals surface area contributed by atoms with Gasteiger partial charge in [-0.25, -0.2) is 4.99 Å². The number of aliphatic imine (C=N–C) groups is 1. The predicted molar refractivity (Wildman–Crippen MR) is 70.0 cm³/mol. The summed E-state index contributed by atoms with van der Waals surface area (Å²) in [7, 11) is 0. The van der Waals surface area contributed by atoms with Crippen molar-refractivity contribution in [1.82, 2.24) is 0 Å². The van der Waals surface area contributed by atoms with E-state index in [4.69, 9.17) is 15.2 Å². The molecule has 1 spiro atoms. The number of ether oxygens (including phenoxy) is 2. The molecule has 0 unspecified atom stereocenters. The summed E-state index contributed by atoms with van der Waals surface area (Å²) in [6.07, 6.45) is 1.14. The molecule has 0 aromatic rings. The van der Waals surface area contributed by atoms with Gasteiger partial charge in [-0.1, -0.05) is 13.8 Å². The quantitative estimate of drug-likeness (QED) is 0.816. The Balaban J connectivity index is 2.26. The monoisotopic (exact) mass is 274 g/mol. The van der Waals surface area contributed by atoms with Crippen LogP contribution in [0.3, 0.4) is 0 Å². The molecular weight excluding hydrogens is 256 g/mol. The van der Waals surface area contributed by atoms with Gasteiger partial charge in [0.05, 0.1) is 24.8 Å². The van der Waals surface area contributed by atoms with Crippen LogP contribution in [0.1, 0.15) is 33.6 Å². The highest BCUT2D eigenvalue weighted by molar-refractivity contribution is 6.00. The van der Waals surface area contributed by atoms with E-state index in [0.29, 0.717) is 19.4 Å². The summed E-state index contributed by atoms with van der Waals surface area (Å²) < 4.78 is 11.6. The summed E-state index contributed by atoms with van der Waals surface area (Å²) in [4.78, 5) is 4.28. The van der Waals surface area contributed by atoms with Crippen LogP contribution in [-0.4, -0.2) is 24.5 Å². The second-order valence-corrected chi connectivity index (χ2v) is 5.83. The first-order valence-corrected chi connectivity index (χ1v) is 6.97. The third-order valence-corrected chi connectivity index (χ3v) is 5.48. The fourth-order valence-electron chi connectivity index (χ4n) is 4.64.